The number of amides is 3. The number of benzene rings is 2. The molecule has 2 aromatic rings. The van der Waals surface area contributed by atoms with Gasteiger partial charge in [-0.25, -0.2) is 0 Å². The Balaban J connectivity index is 1.50. The van der Waals surface area contributed by atoms with Crippen molar-refractivity contribution in [1.82, 2.24) is 4.90 Å². The fourth-order valence-electron chi connectivity index (χ4n) is 5.81. The lowest BCUT2D eigenvalue weighted by Gasteiger charge is -2.35. The van der Waals surface area contributed by atoms with Crippen molar-refractivity contribution in [2.24, 2.45) is 11.8 Å². The van der Waals surface area contributed by atoms with Crippen molar-refractivity contribution >= 4 is 68.4 Å². The van der Waals surface area contributed by atoms with Gasteiger partial charge >= 0.3 is 0 Å². The SMILES string of the molecule is Cc1cccc(Cl)c1NC(=O)C1N(CCO)C(=O)[C@@H]2[C@@H](C(=O)Nc3ccccc3)[C@@H]3SC12CC3Br. The number of halogens is 2. The number of hydrogen-bond acceptors (Lipinski definition) is 5. The summed E-state index contributed by atoms with van der Waals surface area (Å²) in [7, 11) is 0. The predicted octanol–water partition coefficient (Wildman–Crippen LogP) is 3.68. The number of β-amino-alcohol motifs (C(OH)–C–C–N with tert-alkyl or cyclic N) is 1. The lowest BCUT2D eigenvalue weighted by Crippen LogP contribution is -2.53. The first kappa shape index (κ1) is 24.6. The number of nitrogens with one attached hydrogen (secondary N) is 2. The number of carbonyl (C=O) groups is 3. The summed E-state index contributed by atoms with van der Waals surface area (Å²) in [5.74, 6) is -2.12. The minimum Gasteiger partial charge on any atom is -0.395 e. The van der Waals surface area contributed by atoms with Gasteiger partial charge in [-0.2, -0.15) is 0 Å². The van der Waals surface area contributed by atoms with E-state index in [2.05, 4.69) is 26.6 Å². The lowest BCUT2D eigenvalue weighted by atomic mass is 9.70. The van der Waals surface area contributed by atoms with Crippen molar-refractivity contribution in [3.05, 3.63) is 59.1 Å². The summed E-state index contributed by atoms with van der Waals surface area (Å²) in [4.78, 5) is 42.4. The zero-order valence-electron chi connectivity index (χ0n) is 18.9. The van der Waals surface area contributed by atoms with Gasteiger partial charge in [-0.15, -0.1) is 11.8 Å². The second-order valence-corrected chi connectivity index (χ2v) is 12.3. The molecular weight excluding hydrogens is 554 g/mol. The predicted molar refractivity (Wildman–Crippen MR) is 141 cm³/mol. The van der Waals surface area contributed by atoms with Gasteiger partial charge in [-0.1, -0.05) is 57.9 Å². The molecule has 3 aliphatic rings. The molecule has 3 N–H and O–H groups in total. The number of aliphatic hydroxyl groups excluding tert-OH is 1. The molecule has 7 nitrogen and oxygen atoms in total. The Bertz CT molecular complexity index is 1160. The Morgan fingerprint density at radius 2 is 1.91 bits per heavy atom. The molecule has 5 rings (SSSR count). The highest BCUT2D eigenvalue weighted by atomic mass is 79.9. The van der Waals surface area contributed by atoms with E-state index in [0.717, 1.165) is 5.56 Å². The highest BCUT2D eigenvalue weighted by molar-refractivity contribution is 9.09. The van der Waals surface area contributed by atoms with Crippen LogP contribution in [0.4, 0.5) is 11.4 Å². The van der Waals surface area contributed by atoms with Crippen LogP contribution < -0.4 is 10.6 Å². The molecule has 0 radical (unpaired) electrons. The zero-order valence-corrected chi connectivity index (χ0v) is 22.1. The normalized spacial score (nSPS) is 30.9. The molecule has 2 bridgehead atoms. The van der Waals surface area contributed by atoms with E-state index in [-0.39, 0.29) is 41.0 Å². The van der Waals surface area contributed by atoms with Crippen LogP contribution in [0.2, 0.25) is 5.02 Å². The van der Waals surface area contributed by atoms with E-state index in [1.165, 1.54) is 4.90 Å². The van der Waals surface area contributed by atoms with Crippen LogP contribution in [0.3, 0.4) is 0 Å². The van der Waals surface area contributed by atoms with Gasteiger partial charge in [0.15, 0.2) is 0 Å². The standard InChI is InChI=1S/C25H25BrClN3O4S/c1-13-6-5-9-16(27)19(13)29-23(33)21-25-12-15(26)20(35-25)17(18(25)24(34)30(21)10-11-31)22(32)28-14-7-3-2-4-8-14/h2-9,15,17-18,20-21,31H,10-12H2,1H3,(H,28,32)(H,29,33)/t15?,17-,18+,20-,21?,25?/m1/s1. The Labute approximate surface area is 221 Å². The van der Waals surface area contributed by atoms with E-state index < -0.39 is 22.6 Å². The Morgan fingerprint density at radius 1 is 1.17 bits per heavy atom. The number of alkyl halides is 1. The van der Waals surface area contributed by atoms with Gasteiger partial charge in [-0.3, -0.25) is 14.4 Å². The lowest BCUT2D eigenvalue weighted by molar-refractivity contribution is -0.138. The van der Waals surface area contributed by atoms with Crippen LogP contribution in [0, 0.1) is 18.8 Å². The molecular formula is C25H25BrClN3O4S. The number of carbonyl (C=O) groups excluding carboxylic acids is 3. The molecule has 0 aromatic heterocycles. The number of rotatable bonds is 6. The van der Waals surface area contributed by atoms with Gasteiger partial charge in [0.2, 0.25) is 17.7 Å². The fourth-order valence-corrected chi connectivity index (χ4v) is 9.69. The summed E-state index contributed by atoms with van der Waals surface area (Å²) in [6, 6.07) is 13.6. The summed E-state index contributed by atoms with van der Waals surface area (Å²) in [5, 5.41) is 15.9. The van der Waals surface area contributed by atoms with Crippen LogP contribution in [-0.4, -0.2) is 61.7 Å². The van der Waals surface area contributed by atoms with E-state index in [1.807, 2.05) is 31.2 Å². The maximum atomic E-state index is 13.8. The van der Waals surface area contributed by atoms with Crippen LogP contribution in [0.15, 0.2) is 48.5 Å². The summed E-state index contributed by atoms with van der Waals surface area (Å²) >= 11 is 11.6. The minimum absolute atomic E-state index is 0.0158. The van der Waals surface area contributed by atoms with Crippen molar-refractivity contribution in [3.8, 4) is 0 Å². The Kier molecular flexibility index (Phi) is 6.63. The largest absolute Gasteiger partial charge is 0.395 e. The van der Waals surface area contributed by atoms with E-state index in [1.54, 1.807) is 36.0 Å². The summed E-state index contributed by atoms with van der Waals surface area (Å²) in [6.45, 7) is 1.58. The van der Waals surface area contributed by atoms with E-state index >= 15 is 0 Å². The van der Waals surface area contributed by atoms with Crippen LogP contribution in [0.25, 0.3) is 0 Å². The number of anilines is 2. The smallest absolute Gasteiger partial charge is 0.248 e. The molecule has 1 spiro atoms. The van der Waals surface area contributed by atoms with E-state index in [0.29, 0.717) is 22.8 Å². The molecule has 3 fully saturated rings. The third-order valence-electron chi connectivity index (χ3n) is 7.19. The zero-order chi connectivity index (χ0) is 24.9. The van der Waals surface area contributed by atoms with Crippen LogP contribution in [0.5, 0.6) is 0 Å². The molecule has 184 valence electrons. The number of nitrogens with zero attached hydrogens (tertiary/aromatic N) is 1. The molecule has 3 saturated heterocycles. The highest BCUT2D eigenvalue weighted by Crippen LogP contribution is 2.67. The number of thioether (sulfide) groups is 1. The number of likely N-dealkylation sites (tertiary alicyclic amines) is 1. The first-order valence-corrected chi connectivity index (χ1v) is 13.6. The first-order chi connectivity index (χ1) is 16.8. The van der Waals surface area contributed by atoms with Crippen LogP contribution in [-0.2, 0) is 14.4 Å². The molecule has 10 heteroatoms. The Hall–Kier alpha value is -2.07. The second-order valence-electron chi connectivity index (χ2n) is 9.20. The molecule has 35 heavy (non-hydrogen) atoms. The summed E-state index contributed by atoms with van der Waals surface area (Å²) in [6.07, 6.45) is 0.565. The molecule has 2 aromatic carbocycles. The van der Waals surface area contributed by atoms with Crippen molar-refractivity contribution in [3.63, 3.8) is 0 Å². The van der Waals surface area contributed by atoms with Gasteiger partial charge in [0.05, 0.1) is 33.9 Å². The first-order valence-electron chi connectivity index (χ1n) is 11.4. The highest BCUT2D eigenvalue weighted by Gasteiger charge is 2.75. The molecule has 6 atom stereocenters. The fraction of sp³-hybridized carbons (Fsp3) is 0.400. The molecule has 3 heterocycles. The summed E-state index contributed by atoms with van der Waals surface area (Å²) < 4.78 is -0.789. The van der Waals surface area contributed by atoms with Gasteiger partial charge < -0.3 is 20.6 Å². The van der Waals surface area contributed by atoms with Gasteiger partial charge in [-0.05, 0) is 37.1 Å². The van der Waals surface area contributed by atoms with Crippen LogP contribution in [0.1, 0.15) is 12.0 Å². The van der Waals surface area contributed by atoms with Crippen LogP contribution >= 0.6 is 39.3 Å². The molecule has 0 aliphatic carbocycles. The maximum absolute atomic E-state index is 13.8. The number of aliphatic hydroxyl groups is 1. The minimum atomic E-state index is -0.840. The average molecular weight is 579 g/mol. The Morgan fingerprint density at radius 3 is 2.60 bits per heavy atom. The average Bonchev–Trinajstić information content (AvgIpc) is 3.41. The second kappa shape index (κ2) is 9.42. The third kappa shape index (κ3) is 3.97. The number of aryl methyl sites for hydroxylation is 1. The monoisotopic (exact) mass is 577 g/mol. The topological polar surface area (TPSA) is 98.7 Å². The van der Waals surface area contributed by atoms with Gasteiger partial charge in [0, 0.05) is 22.3 Å². The quantitative estimate of drug-likeness (QED) is 0.454. The van der Waals surface area contributed by atoms with Crippen molar-refractivity contribution in [1.29, 1.82) is 0 Å². The number of hydrogen-bond donors (Lipinski definition) is 3. The van der Waals surface area contributed by atoms with Gasteiger partial charge in [0.25, 0.3) is 0 Å². The number of fused-ring (bicyclic) bond motifs is 1. The van der Waals surface area contributed by atoms with Crippen molar-refractivity contribution < 1.29 is 19.5 Å². The van der Waals surface area contributed by atoms with Crippen molar-refractivity contribution in [2.75, 3.05) is 23.8 Å². The van der Waals surface area contributed by atoms with Crippen molar-refractivity contribution in [2.45, 2.75) is 34.2 Å². The molecule has 3 amide bonds. The summed E-state index contributed by atoms with van der Waals surface area (Å²) in [5.41, 5.74) is 1.97. The molecule has 3 unspecified atom stereocenters. The molecule has 0 saturated carbocycles. The number of para-hydroxylation sites is 2. The maximum Gasteiger partial charge on any atom is 0.248 e. The van der Waals surface area contributed by atoms with E-state index in [9.17, 15) is 19.5 Å². The third-order valence-corrected chi connectivity index (χ3v) is 10.7. The molecule has 3 aliphatic heterocycles. The van der Waals surface area contributed by atoms with E-state index in [4.69, 9.17) is 11.6 Å². The van der Waals surface area contributed by atoms with Gasteiger partial charge in [0.1, 0.15) is 6.04 Å².